The molecule has 92 valence electrons. The summed E-state index contributed by atoms with van der Waals surface area (Å²) in [7, 11) is 0. The van der Waals surface area contributed by atoms with Gasteiger partial charge >= 0.3 is 0 Å². The van der Waals surface area contributed by atoms with Crippen molar-refractivity contribution in [2.75, 3.05) is 6.54 Å². The molecule has 0 aliphatic carbocycles. The average Bonchev–Trinajstić information content (AvgIpc) is 2.38. The molecule has 1 aliphatic rings. The van der Waals surface area contributed by atoms with E-state index in [1.165, 1.54) is 6.42 Å². The van der Waals surface area contributed by atoms with Gasteiger partial charge in [-0.2, -0.15) is 0 Å². The van der Waals surface area contributed by atoms with E-state index in [1.807, 2.05) is 17.2 Å². The van der Waals surface area contributed by atoms with Crippen LogP contribution in [0.5, 0.6) is 0 Å². The van der Waals surface area contributed by atoms with Gasteiger partial charge in [-0.1, -0.05) is 0 Å². The van der Waals surface area contributed by atoms with Crippen LogP contribution in [0.25, 0.3) is 0 Å². The number of piperidine rings is 1. The monoisotopic (exact) mass is 233 g/mol. The molecular formula is C13H19N3O. The molecule has 4 nitrogen and oxygen atoms in total. The normalized spacial score (nSPS) is 20.4. The summed E-state index contributed by atoms with van der Waals surface area (Å²) in [6.07, 6.45) is 6.88. The van der Waals surface area contributed by atoms with Crippen LogP contribution in [-0.4, -0.2) is 22.3 Å². The summed E-state index contributed by atoms with van der Waals surface area (Å²) < 4.78 is 0. The summed E-state index contributed by atoms with van der Waals surface area (Å²) >= 11 is 0. The smallest absolute Gasteiger partial charge is 0.219 e. The van der Waals surface area contributed by atoms with Gasteiger partial charge in [-0.25, -0.2) is 0 Å². The van der Waals surface area contributed by atoms with Crippen LogP contribution in [0.3, 0.4) is 0 Å². The molecular weight excluding hydrogens is 214 g/mol. The minimum atomic E-state index is 0.148. The number of carbonyl (C=O) groups excluding carboxylic acids is 1. The van der Waals surface area contributed by atoms with E-state index in [4.69, 9.17) is 5.73 Å². The fourth-order valence-corrected chi connectivity index (χ4v) is 2.57. The summed E-state index contributed by atoms with van der Waals surface area (Å²) in [5.74, 6) is 0.148. The van der Waals surface area contributed by atoms with Gasteiger partial charge in [-0.05, 0) is 36.5 Å². The van der Waals surface area contributed by atoms with Crippen molar-refractivity contribution in [3.05, 3.63) is 29.6 Å². The molecule has 1 aromatic heterocycles. The number of carbonyl (C=O) groups is 1. The third-order valence-electron chi connectivity index (χ3n) is 3.43. The Morgan fingerprint density at radius 1 is 1.59 bits per heavy atom. The van der Waals surface area contributed by atoms with Crippen molar-refractivity contribution in [3.8, 4) is 0 Å². The van der Waals surface area contributed by atoms with E-state index >= 15 is 0 Å². The zero-order valence-corrected chi connectivity index (χ0v) is 10.2. The molecule has 1 unspecified atom stereocenters. The van der Waals surface area contributed by atoms with Gasteiger partial charge < -0.3 is 10.6 Å². The largest absolute Gasteiger partial charge is 0.336 e. The Morgan fingerprint density at radius 2 is 2.41 bits per heavy atom. The Labute approximate surface area is 102 Å². The molecule has 1 atom stereocenters. The molecule has 0 bridgehead atoms. The van der Waals surface area contributed by atoms with Crippen LogP contribution in [0.4, 0.5) is 0 Å². The molecule has 0 aromatic carbocycles. The summed E-state index contributed by atoms with van der Waals surface area (Å²) in [5, 5.41) is 0. The van der Waals surface area contributed by atoms with Gasteiger partial charge in [-0.3, -0.25) is 9.78 Å². The van der Waals surface area contributed by atoms with E-state index in [-0.39, 0.29) is 11.9 Å². The van der Waals surface area contributed by atoms with Crippen LogP contribution in [0.2, 0.25) is 0 Å². The lowest BCUT2D eigenvalue weighted by Gasteiger charge is -2.36. The summed E-state index contributed by atoms with van der Waals surface area (Å²) in [4.78, 5) is 17.7. The predicted octanol–water partition coefficient (Wildman–Crippen LogP) is 1.61. The number of nitrogens with two attached hydrogens (primary N) is 1. The Bertz CT molecular complexity index is 405. The predicted molar refractivity (Wildman–Crippen MR) is 66.1 cm³/mol. The van der Waals surface area contributed by atoms with Crippen molar-refractivity contribution < 1.29 is 4.79 Å². The Balaban J connectivity index is 2.32. The molecule has 0 spiro atoms. The molecule has 1 saturated heterocycles. The van der Waals surface area contributed by atoms with E-state index < -0.39 is 0 Å². The number of hydrogen-bond donors (Lipinski definition) is 1. The average molecular weight is 233 g/mol. The van der Waals surface area contributed by atoms with Gasteiger partial charge in [0.2, 0.25) is 5.91 Å². The molecule has 1 aromatic rings. The maximum atomic E-state index is 11.7. The summed E-state index contributed by atoms with van der Waals surface area (Å²) in [6.45, 7) is 2.97. The topological polar surface area (TPSA) is 59.2 Å². The highest BCUT2D eigenvalue weighted by atomic mass is 16.2. The highest BCUT2D eigenvalue weighted by Gasteiger charge is 2.27. The fourth-order valence-electron chi connectivity index (χ4n) is 2.57. The van der Waals surface area contributed by atoms with Gasteiger partial charge in [-0.15, -0.1) is 0 Å². The standard InChI is InChI=1S/C13H19N3O/c1-10(17)16-7-3-2-4-13(16)12-5-6-15-9-11(12)8-14/h5-6,9,13H,2-4,7-8,14H2,1H3. The molecule has 4 heteroatoms. The molecule has 2 N–H and O–H groups in total. The second-order valence-electron chi connectivity index (χ2n) is 4.50. The molecule has 2 heterocycles. The van der Waals surface area contributed by atoms with E-state index in [0.717, 1.165) is 30.5 Å². The SMILES string of the molecule is CC(=O)N1CCCCC1c1ccncc1CN. The minimum absolute atomic E-state index is 0.148. The molecule has 1 fully saturated rings. The van der Waals surface area contributed by atoms with Crippen molar-refractivity contribution in [2.45, 2.75) is 38.8 Å². The lowest BCUT2D eigenvalue weighted by Crippen LogP contribution is -2.37. The van der Waals surface area contributed by atoms with Gasteiger partial charge in [0.15, 0.2) is 0 Å². The van der Waals surface area contributed by atoms with Crippen molar-refractivity contribution in [3.63, 3.8) is 0 Å². The molecule has 1 amide bonds. The molecule has 0 radical (unpaired) electrons. The van der Waals surface area contributed by atoms with Crippen molar-refractivity contribution in [1.29, 1.82) is 0 Å². The zero-order valence-electron chi connectivity index (χ0n) is 10.2. The second-order valence-corrected chi connectivity index (χ2v) is 4.50. The zero-order chi connectivity index (χ0) is 12.3. The van der Waals surface area contributed by atoms with E-state index in [9.17, 15) is 4.79 Å². The fraction of sp³-hybridized carbons (Fsp3) is 0.538. The molecule has 17 heavy (non-hydrogen) atoms. The maximum absolute atomic E-state index is 11.7. The van der Waals surface area contributed by atoms with Gasteiger partial charge in [0, 0.05) is 32.4 Å². The first-order chi connectivity index (χ1) is 8.24. The van der Waals surface area contributed by atoms with Crippen LogP contribution >= 0.6 is 0 Å². The Kier molecular flexibility index (Phi) is 3.74. The minimum Gasteiger partial charge on any atom is -0.336 e. The number of aromatic nitrogens is 1. The Morgan fingerprint density at radius 3 is 3.12 bits per heavy atom. The third kappa shape index (κ3) is 2.47. The van der Waals surface area contributed by atoms with Crippen LogP contribution in [0, 0.1) is 0 Å². The maximum Gasteiger partial charge on any atom is 0.219 e. The lowest BCUT2D eigenvalue weighted by molar-refractivity contribution is -0.132. The van der Waals surface area contributed by atoms with Gasteiger partial charge in [0.1, 0.15) is 0 Å². The third-order valence-corrected chi connectivity index (χ3v) is 3.43. The van der Waals surface area contributed by atoms with Crippen LogP contribution in [0.15, 0.2) is 18.5 Å². The first-order valence-corrected chi connectivity index (χ1v) is 6.14. The highest BCUT2D eigenvalue weighted by Crippen LogP contribution is 2.32. The van der Waals surface area contributed by atoms with Crippen molar-refractivity contribution >= 4 is 5.91 Å². The highest BCUT2D eigenvalue weighted by molar-refractivity contribution is 5.74. The summed E-state index contributed by atoms with van der Waals surface area (Å²) in [6, 6.07) is 2.18. The van der Waals surface area contributed by atoms with Gasteiger partial charge in [0.25, 0.3) is 0 Å². The van der Waals surface area contributed by atoms with Crippen LogP contribution in [0.1, 0.15) is 43.4 Å². The number of pyridine rings is 1. The van der Waals surface area contributed by atoms with Crippen LogP contribution < -0.4 is 5.73 Å². The Hall–Kier alpha value is -1.42. The molecule has 1 aliphatic heterocycles. The quantitative estimate of drug-likeness (QED) is 0.844. The van der Waals surface area contributed by atoms with E-state index in [0.29, 0.717) is 6.54 Å². The molecule has 2 rings (SSSR count). The van der Waals surface area contributed by atoms with Crippen LogP contribution in [-0.2, 0) is 11.3 Å². The first-order valence-electron chi connectivity index (χ1n) is 6.14. The lowest BCUT2D eigenvalue weighted by atomic mass is 9.93. The van der Waals surface area contributed by atoms with Crippen molar-refractivity contribution in [2.24, 2.45) is 5.73 Å². The molecule has 0 saturated carbocycles. The summed E-state index contributed by atoms with van der Waals surface area (Å²) in [5.41, 5.74) is 7.95. The first kappa shape index (κ1) is 12.0. The number of nitrogens with zero attached hydrogens (tertiary/aromatic N) is 2. The van der Waals surface area contributed by atoms with Crippen molar-refractivity contribution in [1.82, 2.24) is 9.88 Å². The number of likely N-dealkylation sites (tertiary alicyclic amines) is 1. The van der Waals surface area contributed by atoms with E-state index in [1.54, 1.807) is 13.1 Å². The number of hydrogen-bond acceptors (Lipinski definition) is 3. The second kappa shape index (κ2) is 5.27. The van der Waals surface area contributed by atoms with Gasteiger partial charge in [0.05, 0.1) is 6.04 Å². The number of rotatable bonds is 2. The van der Waals surface area contributed by atoms with E-state index in [2.05, 4.69) is 4.98 Å². The number of amides is 1.